The van der Waals surface area contributed by atoms with E-state index in [2.05, 4.69) is 43.3 Å². The van der Waals surface area contributed by atoms with Crippen LogP contribution in [0, 0.1) is 5.92 Å². The average molecular weight is 307 g/mol. The van der Waals surface area contributed by atoms with Crippen LogP contribution in [0.4, 0.5) is 0 Å². The Morgan fingerprint density at radius 3 is 2.10 bits per heavy atom. The molecule has 0 N–H and O–H groups in total. The summed E-state index contributed by atoms with van der Waals surface area (Å²) in [5.41, 5.74) is 2.69. The lowest BCUT2D eigenvalue weighted by Gasteiger charge is -2.11. The number of benzene rings is 2. The monoisotopic (exact) mass is 306 g/mol. The molecule has 0 saturated heterocycles. The molecule has 2 aromatic carbocycles. The molecule has 0 heterocycles. The van der Waals surface area contributed by atoms with Crippen LogP contribution in [0.5, 0.6) is 0 Å². The summed E-state index contributed by atoms with van der Waals surface area (Å²) in [5.74, 6) is 0.713. The highest BCUT2D eigenvalue weighted by molar-refractivity contribution is 6.42. The van der Waals surface area contributed by atoms with Gasteiger partial charge in [0.1, 0.15) is 0 Å². The van der Waals surface area contributed by atoms with Crippen molar-refractivity contribution in [2.75, 3.05) is 0 Å². The second-order valence-corrected chi connectivity index (χ2v) is 6.23. The van der Waals surface area contributed by atoms with E-state index in [0.29, 0.717) is 16.0 Å². The third-order valence-electron chi connectivity index (χ3n) is 3.68. The normalized spacial score (nSPS) is 12.3. The molecule has 0 aliphatic carbocycles. The van der Waals surface area contributed by atoms with Gasteiger partial charge in [-0.05, 0) is 54.9 Å². The van der Waals surface area contributed by atoms with Gasteiger partial charge in [0.2, 0.25) is 0 Å². The fourth-order valence-corrected chi connectivity index (χ4v) is 2.63. The second kappa shape index (κ2) is 7.71. The van der Waals surface area contributed by atoms with E-state index in [1.165, 1.54) is 24.0 Å². The van der Waals surface area contributed by atoms with Gasteiger partial charge in [0.15, 0.2) is 0 Å². The molecule has 0 nitrogen and oxygen atoms in total. The zero-order valence-electron chi connectivity index (χ0n) is 11.8. The summed E-state index contributed by atoms with van der Waals surface area (Å²) in [5, 5.41) is 1.29. The van der Waals surface area contributed by atoms with E-state index in [9.17, 15) is 0 Å². The molecule has 0 aromatic heterocycles. The van der Waals surface area contributed by atoms with Crippen LogP contribution in [0.25, 0.3) is 0 Å². The average Bonchev–Trinajstić information content (AvgIpc) is 2.47. The first-order chi connectivity index (χ1) is 9.65. The van der Waals surface area contributed by atoms with Crippen molar-refractivity contribution in [3.05, 3.63) is 69.7 Å². The van der Waals surface area contributed by atoms with Gasteiger partial charge in [0.25, 0.3) is 0 Å². The molecule has 0 saturated carbocycles. The van der Waals surface area contributed by atoms with Gasteiger partial charge in [-0.25, -0.2) is 0 Å². The number of aryl methyl sites for hydroxylation is 2. The topological polar surface area (TPSA) is 0 Å². The van der Waals surface area contributed by atoms with Crippen molar-refractivity contribution in [2.24, 2.45) is 5.92 Å². The van der Waals surface area contributed by atoms with Crippen molar-refractivity contribution in [3.8, 4) is 0 Å². The fraction of sp³-hybridized carbons (Fsp3) is 0.333. The largest absolute Gasteiger partial charge is 0.0827 e. The molecule has 2 heteroatoms. The Balaban J connectivity index is 1.77. The highest BCUT2D eigenvalue weighted by atomic mass is 35.5. The predicted molar refractivity (Wildman–Crippen MR) is 88.7 cm³/mol. The zero-order valence-corrected chi connectivity index (χ0v) is 13.3. The molecule has 106 valence electrons. The first-order valence-electron chi connectivity index (χ1n) is 7.13. The van der Waals surface area contributed by atoms with Gasteiger partial charge in [-0.15, -0.1) is 0 Å². The van der Waals surface area contributed by atoms with Crippen LogP contribution in [-0.4, -0.2) is 0 Å². The number of hydrogen-bond acceptors (Lipinski definition) is 0. The minimum Gasteiger partial charge on any atom is -0.0827 e. The van der Waals surface area contributed by atoms with Gasteiger partial charge in [-0.3, -0.25) is 0 Å². The molecule has 2 rings (SSSR count). The van der Waals surface area contributed by atoms with Crippen LogP contribution in [0.3, 0.4) is 0 Å². The van der Waals surface area contributed by atoms with Gasteiger partial charge in [0.05, 0.1) is 10.0 Å². The molecular weight excluding hydrogens is 287 g/mol. The van der Waals surface area contributed by atoms with Crippen LogP contribution in [0.2, 0.25) is 10.0 Å². The highest BCUT2D eigenvalue weighted by Crippen LogP contribution is 2.24. The van der Waals surface area contributed by atoms with Gasteiger partial charge >= 0.3 is 0 Å². The van der Waals surface area contributed by atoms with Gasteiger partial charge in [-0.1, -0.05) is 66.5 Å². The number of halogens is 2. The molecule has 0 spiro atoms. The third kappa shape index (κ3) is 4.85. The maximum Gasteiger partial charge on any atom is 0.0595 e. The Morgan fingerprint density at radius 2 is 1.45 bits per heavy atom. The summed E-state index contributed by atoms with van der Waals surface area (Å²) < 4.78 is 0. The van der Waals surface area contributed by atoms with Gasteiger partial charge in [-0.2, -0.15) is 0 Å². The van der Waals surface area contributed by atoms with E-state index in [1.807, 2.05) is 12.1 Å². The van der Waals surface area contributed by atoms with E-state index in [1.54, 1.807) is 0 Å². The van der Waals surface area contributed by atoms with E-state index in [-0.39, 0.29) is 0 Å². The molecule has 0 radical (unpaired) electrons. The number of rotatable bonds is 6. The van der Waals surface area contributed by atoms with Crippen molar-refractivity contribution >= 4 is 23.2 Å². The van der Waals surface area contributed by atoms with Crippen LogP contribution in [-0.2, 0) is 12.8 Å². The van der Waals surface area contributed by atoms with Crippen molar-refractivity contribution < 1.29 is 0 Å². The van der Waals surface area contributed by atoms with E-state index in [4.69, 9.17) is 23.2 Å². The molecular formula is C18H20Cl2. The van der Waals surface area contributed by atoms with E-state index in [0.717, 1.165) is 12.8 Å². The molecule has 0 amide bonds. The molecule has 0 fully saturated rings. The first-order valence-corrected chi connectivity index (χ1v) is 7.88. The van der Waals surface area contributed by atoms with Crippen LogP contribution < -0.4 is 0 Å². The van der Waals surface area contributed by atoms with Crippen LogP contribution in [0.1, 0.15) is 30.9 Å². The van der Waals surface area contributed by atoms with E-state index >= 15 is 0 Å². The SMILES string of the molecule is CC(CCc1ccccc1)CCc1ccc(Cl)c(Cl)c1. The van der Waals surface area contributed by atoms with Gasteiger partial charge in [0, 0.05) is 0 Å². The Morgan fingerprint density at radius 1 is 0.800 bits per heavy atom. The second-order valence-electron chi connectivity index (χ2n) is 5.42. The first kappa shape index (κ1) is 15.4. The maximum absolute atomic E-state index is 6.04. The summed E-state index contributed by atoms with van der Waals surface area (Å²) in [7, 11) is 0. The van der Waals surface area contributed by atoms with Gasteiger partial charge < -0.3 is 0 Å². The lowest BCUT2D eigenvalue weighted by molar-refractivity contribution is 0.493. The Hall–Kier alpha value is -0.980. The predicted octanol–water partition coefficient (Wildman–Crippen LogP) is 6.19. The van der Waals surface area contributed by atoms with Crippen LogP contribution in [0.15, 0.2) is 48.5 Å². The lowest BCUT2D eigenvalue weighted by atomic mass is 9.95. The molecule has 2 aromatic rings. The van der Waals surface area contributed by atoms with E-state index < -0.39 is 0 Å². The van der Waals surface area contributed by atoms with Crippen molar-refractivity contribution in [1.82, 2.24) is 0 Å². The Kier molecular flexibility index (Phi) is 5.94. The molecule has 0 bridgehead atoms. The highest BCUT2D eigenvalue weighted by Gasteiger charge is 2.05. The Bertz CT molecular complexity index is 534. The van der Waals surface area contributed by atoms with Crippen molar-refractivity contribution in [3.63, 3.8) is 0 Å². The molecule has 1 atom stereocenters. The number of hydrogen-bond donors (Lipinski definition) is 0. The minimum absolute atomic E-state index is 0.632. The lowest BCUT2D eigenvalue weighted by Crippen LogP contribution is -2.00. The summed E-state index contributed by atoms with van der Waals surface area (Å²) in [6.07, 6.45) is 4.63. The summed E-state index contributed by atoms with van der Waals surface area (Å²) in [6, 6.07) is 16.6. The standard InChI is InChI=1S/C18H20Cl2/c1-14(7-9-15-5-3-2-4-6-15)8-10-16-11-12-17(19)18(20)13-16/h2-6,11-14H,7-10H2,1H3. The smallest absolute Gasteiger partial charge is 0.0595 e. The summed E-state index contributed by atoms with van der Waals surface area (Å²) in [4.78, 5) is 0. The van der Waals surface area contributed by atoms with Crippen molar-refractivity contribution in [1.29, 1.82) is 0 Å². The third-order valence-corrected chi connectivity index (χ3v) is 4.42. The molecule has 0 aliphatic rings. The maximum atomic E-state index is 6.04. The van der Waals surface area contributed by atoms with Crippen LogP contribution >= 0.6 is 23.2 Å². The van der Waals surface area contributed by atoms with Crippen molar-refractivity contribution in [2.45, 2.75) is 32.6 Å². The Labute approximate surface area is 131 Å². The molecule has 1 unspecified atom stereocenters. The quantitative estimate of drug-likeness (QED) is 0.596. The molecule has 0 aliphatic heterocycles. The summed E-state index contributed by atoms with van der Waals surface area (Å²) in [6.45, 7) is 2.32. The minimum atomic E-state index is 0.632. The zero-order chi connectivity index (χ0) is 14.4. The fourth-order valence-electron chi connectivity index (χ4n) is 2.31. The molecule has 20 heavy (non-hydrogen) atoms. The summed E-state index contributed by atoms with van der Waals surface area (Å²) >= 11 is 12.0.